The van der Waals surface area contributed by atoms with E-state index in [0.29, 0.717) is 18.7 Å². The van der Waals surface area contributed by atoms with Gasteiger partial charge in [0, 0.05) is 33.3 Å². The summed E-state index contributed by atoms with van der Waals surface area (Å²) in [7, 11) is 2.92. The summed E-state index contributed by atoms with van der Waals surface area (Å²) in [6.07, 6.45) is 1.93. The zero-order valence-corrected chi connectivity index (χ0v) is 21.2. The molecule has 0 aliphatic heterocycles. The summed E-state index contributed by atoms with van der Waals surface area (Å²) < 4.78 is 9.96. The molecule has 0 radical (unpaired) electrons. The normalized spacial score (nSPS) is 10.9. The lowest BCUT2D eigenvalue weighted by Gasteiger charge is -2.15. The molecule has 0 bridgehead atoms. The number of hydrogen-bond donors (Lipinski definition) is 2. The van der Waals surface area contributed by atoms with Gasteiger partial charge in [0.05, 0.1) is 5.69 Å². The zero-order chi connectivity index (χ0) is 25.7. The summed E-state index contributed by atoms with van der Waals surface area (Å²) in [6, 6.07) is 13.9. The Morgan fingerprint density at radius 2 is 1.77 bits per heavy atom. The highest BCUT2D eigenvalue weighted by molar-refractivity contribution is 7.93. The van der Waals surface area contributed by atoms with E-state index in [1.54, 1.807) is 6.26 Å². The highest BCUT2D eigenvalue weighted by Gasteiger charge is 2.22. The van der Waals surface area contributed by atoms with Crippen LogP contribution in [0.5, 0.6) is 0 Å². The molecule has 2 aromatic carbocycles. The monoisotopic (exact) mass is 495 g/mol. The number of aromatic nitrogens is 4. The minimum Gasteiger partial charge on any atom is -0.354 e. The molecular formula is C25H29N5O4S. The van der Waals surface area contributed by atoms with Crippen LogP contribution in [0.15, 0.2) is 52.1 Å². The summed E-state index contributed by atoms with van der Waals surface area (Å²) >= 11 is 0.750. The van der Waals surface area contributed by atoms with E-state index in [1.807, 2.05) is 56.3 Å². The summed E-state index contributed by atoms with van der Waals surface area (Å²) in [6.45, 7) is 4.34. The molecule has 2 N–H and O–H groups in total. The summed E-state index contributed by atoms with van der Waals surface area (Å²) in [4.78, 5) is 47.4. The molecule has 0 unspecified atom stereocenters. The molecule has 1 amide bonds. The Kier molecular flexibility index (Phi) is 8.42. The van der Waals surface area contributed by atoms with Crippen LogP contribution in [-0.4, -0.2) is 42.9 Å². The minimum absolute atomic E-state index is 0.00743. The highest BCUT2D eigenvalue weighted by Crippen LogP contribution is 2.22. The van der Waals surface area contributed by atoms with Crippen molar-refractivity contribution in [3.05, 3.63) is 80.3 Å². The number of carbonyl (C=O) groups excluding carboxylic acids is 1. The largest absolute Gasteiger partial charge is 0.354 e. The molecule has 0 spiro atoms. The lowest BCUT2D eigenvalue weighted by atomic mass is 10.00. The van der Waals surface area contributed by atoms with Crippen molar-refractivity contribution in [3.63, 3.8) is 0 Å². The maximum atomic E-state index is 12.8. The molecule has 0 atom stereocenters. The van der Waals surface area contributed by atoms with Crippen LogP contribution in [0.2, 0.25) is 0 Å². The predicted octanol–water partition coefficient (Wildman–Crippen LogP) is 3.07. The van der Waals surface area contributed by atoms with Gasteiger partial charge in [-0.2, -0.15) is 0 Å². The van der Waals surface area contributed by atoms with Crippen LogP contribution >= 0.6 is 12.0 Å². The third-order valence-electron chi connectivity index (χ3n) is 5.46. The molecule has 10 heteroatoms. The van der Waals surface area contributed by atoms with Crippen LogP contribution in [0.3, 0.4) is 0 Å². The van der Waals surface area contributed by atoms with Crippen LogP contribution in [0, 0.1) is 5.92 Å². The average molecular weight is 496 g/mol. The van der Waals surface area contributed by atoms with Crippen molar-refractivity contribution >= 4 is 39.9 Å². The Morgan fingerprint density at radius 3 is 2.43 bits per heavy atom. The SMILES string of the molecule is CNC(=O)c1nc2c(=O)n(C)c(=O)n(CC(C)C)c2nc1Cc1cccc2ccccc12.CSO. The molecule has 0 fully saturated rings. The number of rotatable bonds is 5. The Hall–Kier alpha value is -3.50. The fraction of sp³-hybridized carbons (Fsp3) is 0.320. The maximum Gasteiger partial charge on any atom is 0.332 e. The fourth-order valence-corrected chi connectivity index (χ4v) is 3.89. The molecule has 2 aromatic heterocycles. The Labute approximate surface area is 207 Å². The molecule has 0 saturated carbocycles. The quantitative estimate of drug-likeness (QED) is 0.408. The number of hydrogen-bond acceptors (Lipinski definition) is 7. The first-order chi connectivity index (χ1) is 16.7. The zero-order valence-electron chi connectivity index (χ0n) is 20.4. The van der Waals surface area contributed by atoms with Crippen molar-refractivity contribution in [1.29, 1.82) is 0 Å². The van der Waals surface area contributed by atoms with E-state index in [1.165, 1.54) is 18.7 Å². The molecule has 0 aliphatic rings. The second kappa shape index (κ2) is 11.3. The molecule has 4 aromatic rings. The molecule has 0 saturated heterocycles. The molecule has 9 nitrogen and oxygen atoms in total. The van der Waals surface area contributed by atoms with Gasteiger partial charge in [-0.3, -0.25) is 18.7 Å². The summed E-state index contributed by atoms with van der Waals surface area (Å²) in [5.74, 6) is -0.284. The van der Waals surface area contributed by atoms with Crippen LogP contribution in [0.25, 0.3) is 21.9 Å². The molecule has 4 rings (SSSR count). The van der Waals surface area contributed by atoms with Crippen LogP contribution in [0.4, 0.5) is 0 Å². The number of fused-ring (bicyclic) bond motifs is 2. The minimum atomic E-state index is -0.570. The summed E-state index contributed by atoms with van der Waals surface area (Å²) in [5, 5.41) is 4.70. The predicted molar refractivity (Wildman–Crippen MR) is 140 cm³/mol. The number of nitrogens with one attached hydrogen (secondary N) is 1. The van der Waals surface area contributed by atoms with Crippen LogP contribution in [-0.2, 0) is 20.0 Å². The first kappa shape index (κ1) is 26.1. The van der Waals surface area contributed by atoms with Crippen LogP contribution in [0.1, 0.15) is 35.6 Å². The second-order valence-electron chi connectivity index (χ2n) is 8.42. The van der Waals surface area contributed by atoms with E-state index in [4.69, 9.17) is 4.55 Å². The third kappa shape index (κ3) is 5.44. The molecule has 35 heavy (non-hydrogen) atoms. The van der Waals surface area contributed by atoms with Gasteiger partial charge in [-0.05, 0) is 34.3 Å². The Morgan fingerprint density at radius 1 is 1.11 bits per heavy atom. The lowest BCUT2D eigenvalue weighted by Crippen LogP contribution is -2.40. The molecule has 184 valence electrons. The summed E-state index contributed by atoms with van der Waals surface area (Å²) in [5.41, 5.74) is 0.665. The van der Waals surface area contributed by atoms with E-state index in [-0.39, 0.29) is 22.8 Å². The van der Waals surface area contributed by atoms with Crippen LogP contribution < -0.4 is 16.6 Å². The van der Waals surface area contributed by atoms with Crippen molar-refractivity contribution in [1.82, 2.24) is 24.4 Å². The van der Waals surface area contributed by atoms with E-state index in [9.17, 15) is 14.4 Å². The van der Waals surface area contributed by atoms with Gasteiger partial charge in [0.25, 0.3) is 11.5 Å². The second-order valence-corrected chi connectivity index (χ2v) is 8.78. The third-order valence-corrected chi connectivity index (χ3v) is 5.46. The lowest BCUT2D eigenvalue weighted by molar-refractivity contribution is 0.0957. The van der Waals surface area contributed by atoms with E-state index in [0.717, 1.165) is 32.9 Å². The van der Waals surface area contributed by atoms with Crippen molar-refractivity contribution in [2.75, 3.05) is 13.3 Å². The first-order valence-electron chi connectivity index (χ1n) is 11.1. The molecular weight excluding hydrogens is 466 g/mol. The van der Waals surface area contributed by atoms with Crippen molar-refractivity contribution in [2.24, 2.45) is 13.0 Å². The first-order valence-corrected chi connectivity index (χ1v) is 12.3. The van der Waals surface area contributed by atoms with Gasteiger partial charge in [0.1, 0.15) is 0 Å². The van der Waals surface area contributed by atoms with Crippen molar-refractivity contribution < 1.29 is 9.35 Å². The maximum absolute atomic E-state index is 12.8. The topological polar surface area (TPSA) is 119 Å². The van der Waals surface area contributed by atoms with E-state index >= 15 is 0 Å². The average Bonchev–Trinajstić information content (AvgIpc) is 2.85. The van der Waals surface area contributed by atoms with Gasteiger partial charge in [-0.1, -0.05) is 56.3 Å². The van der Waals surface area contributed by atoms with Crippen molar-refractivity contribution in [3.8, 4) is 0 Å². The smallest absolute Gasteiger partial charge is 0.332 e. The molecule has 2 heterocycles. The fourth-order valence-electron chi connectivity index (χ4n) is 3.89. The van der Waals surface area contributed by atoms with Gasteiger partial charge < -0.3 is 9.87 Å². The highest BCUT2D eigenvalue weighted by atomic mass is 32.2. The molecule has 0 aliphatic carbocycles. The van der Waals surface area contributed by atoms with E-state index in [2.05, 4.69) is 15.3 Å². The van der Waals surface area contributed by atoms with Gasteiger partial charge >= 0.3 is 5.69 Å². The number of benzene rings is 2. The van der Waals surface area contributed by atoms with Gasteiger partial charge in [0.2, 0.25) is 0 Å². The van der Waals surface area contributed by atoms with Crippen molar-refractivity contribution in [2.45, 2.75) is 26.8 Å². The number of carbonyl (C=O) groups is 1. The van der Waals surface area contributed by atoms with Gasteiger partial charge in [-0.15, -0.1) is 0 Å². The standard InChI is InChI=1S/C24H25N5O3.CH4OS/c1-14(2)13-29-21-20(23(31)28(4)24(29)32)27-19(22(30)25-3)18(26-21)12-16-10-7-9-15-8-5-6-11-17(15)16;1-3-2/h5-11,14H,12-13H2,1-4H3,(H,25,30);2H,1H3. The number of amides is 1. The van der Waals surface area contributed by atoms with E-state index < -0.39 is 17.2 Å². The Bertz CT molecular complexity index is 1490. The number of nitrogens with zero attached hydrogens (tertiary/aromatic N) is 4. The van der Waals surface area contributed by atoms with Gasteiger partial charge in [0.15, 0.2) is 16.9 Å². The Balaban J connectivity index is 0.00000108. The van der Waals surface area contributed by atoms with Gasteiger partial charge in [-0.25, -0.2) is 14.8 Å².